The molecule has 2 fully saturated rings. The van der Waals surface area contributed by atoms with Crippen molar-refractivity contribution in [1.82, 2.24) is 9.80 Å². The number of amides is 1. The smallest absolute Gasteiger partial charge is 0.321 e. The van der Waals surface area contributed by atoms with Crippen molar-refractivity contribution < 1.29 is 14.7 Å². The van der Waals surface area contributed by atoms with Gasteiger partial charge in [-0.05, 0) is 12.8 Å². The second-order valence-corrected chi connectivity index (χ2v) is 7.13. The van der Waals surface area contributed by atoms with Gasteiger partial charge in [-0.15, -0.1) is 0 Å². The highest BCUT2D eigenvalue weighted by Crippen LogP contribution is 2.29. The van der Waals surface area contributed by atoms with Crippen LogP contribution in [0, 0.1) is 0 Å². The molecule has 1 amide bonds. The molecular weight excluding hydrogens is 310 g/mol. The van der Waals surface area contributed by atoms with Crippen LogP contribution in [-0.2, 0) is 9.59 Å². The third-order valence-corrected chi connectivity index (χ3v) is 5.59. The molecule has 0 aromatic heterocycles. The Morgan fingerprint density at radius 3 is 2.62 bits per heavy atom. The SMILES string of the molecule is NC(=O)C[C@@H](C(=O)O)N1CSC(=S)N(C2CCCCC2)C1. The molecule has 8 heteroatoms. The van der Waals surface area contributed by atoms with E-state index in [1.54, 1.807) is 4.90 Å². The topological polar surface area (TPSA) is 86.9 Å². The van der Waals surface area contributed by atoms with E-state index >= 15 is 0 Å². The van der Waals surface area contributed by atoms with Crippen LogP contribution < -0.4 is 5.73 Å². The molecule has 1 aliphatic heterocycles. The van der Waals surface area contributed by atoms with Gasteiger partial charge < -0.3 is 15.7 Å². The largest absolute Gasteiger partial charge is 0.480 e. The van der Waals surface area contributed by atoms with E-state index in [9.17, 15) is 14.7 Å². The lowest BCUT2D eigenvalue weighted by molar-refractivity contribution is -0.145. The molecule has 1 aliphatic carbocycles. The standard InChI is InChI=1S/C13H21N3O3S2/c14-11(17)6-10(12(18)19)15-7-16(13(20)21-8-15)9-4-2-1-3-5-9/h9-10H,1-8H2,(H2,14,17)(H,18,19)/t10-/m0/s1. The lowest BCUT2D eigenvalue weighted by Gasteiger charge is -2.44. The maximum atomic E-state index is 11.4. The van der Waals surface area contributed by atoms with E-state index in [2.05, 4.69) is 4.90 Å². The van der Waals surface area contributed by atoms with Crippen LogP contribution in [0.4, 0.5) is 0 Å². The fourth-order valence-electron chi connectivity index (χ4n) is 2.92. The molecule has 1 saturated heterocycles. The summed E-state index contributed by atoms with van der Waals surface area (Å²) in [6.45, 7) is 0.473. The number of rotatable bonds is 5. The van der Waals surface area contributed by atoms with Gasteiger partial charge in [-0.1, -0.05) is 43.2 Å². The highest BCUT2D eigenvalue weighted by molar-refractivity contribution is 8.22. The normalized spacial score (nSPS) is 23.0. The second-order valence-electron chi connectivity index (χ2n) is 5.56. The van der Waals surface area contributed by atoms with Crippen molar-refractivity contribution in [3.8, 4) is 0 Å². The number of primary amides is 1. The van der Waals surface area contributed by atoms with Crippen LogP contribution in [-0.4, -0.2) is 55.7 Å². The van der Waals surface area contributed by atoms with Gasteiger partial charge in [0.2, 0.25) is 5.91 Å². The van der Waals surface area contributed by atoms with Gasteiger partial charge in [-0.25, -0.2) is 0 Å². The number of aliphatic carboxylic acids is 1. The van der Waals surface area contributed by atoms with E-state index in [0.29, 0.717) is 18.6 Å². The molecule has 2 rings (SSSR count). The van der Waals surface area contributed by atoms with Crippen LogP contribution >= 0.6 is 24.0 Å². The molecule has 1 atom stereocenters. The summed E-state index contributed by atoms with van der Waals surface area (Å²) in [4.78, 5) is 26.4. The summed E-state index contributed by atoms with van der Waals surface area (Å²) in [6, 6.07) is -0.478. The minimum atomic E-state index is -1.01. The Bertz CT molecular complexity index is 427. The number of carbonyl (C=O) groups is 2. The first-order valence-corrected chi connectivity index (χ1v) is 8.57. The van der Waals surface area contributed by atoms with Gasteiger partial charge in [0.25, 0.3) is 0 Å². The van der Waals surface area contributed by atoms with Crippen molar-refractivity contribution in [2.75, 3.05) is 12.5 Å². The summed E-state index contributed by atoms with van der Waals surface area (Å²) in [5, 5.41) is 9.33. The molecule has 0 aromatic carbocycles. The van der Waals surface area contributed by atoms with Crippen LogP contribution in [0.3, 0.4) is 0 Å². The zero-order chi connectivity index (χ0) is 15.4. The summed E-state index contributed by atoms with van der Waals surface area (Å²) in [6.07, 6.45) is 5.68. The summed E-state index contributed by atoms with van der Waals surface area (Å²) in [5.74, 6) is -1.11. The third kappa shape index (κ3) is 4.31. The number of thioether (sulfide) groups is 1. The predicted octanol–water partition coefficient (Wildman–Crippen LogP) is 1.20. The summed E-state index contributed by atoms with van der Waals surface area (Å²) < 4.78 is 0.835. The Morgan fingerprint density at radius 1 is 1.38 bits per heavy atom. The molecule has 0 aromatic rings. The maximum Gasteiger partial charge on any atom is 0.321 e. The predicted molar refractivity (Wildman–Crippen MR) is 85.7 cm³/mol. The molecule has 118 valence electrons. The van der Waals surface area contributed by atoms with Gasteiger partial charge in [0.05, 0.1) is 19.0 Å². The first-order chi connectivity index (χ1) is 9.99. The Hall–Kier alpha value is -0.860. The van der Waals surface area contributed by atoms with Gasteiger partial charge in [0, 0.05) is 6.04 Å². The summed E-state index contributed by atoms with van der Waals surface area (Å²) in [5.41, 5.74) is 5.17. The summed E-state index contributed by atoms with van der Waals surface area (Å²) >= 11 is 6.89. The number of nitrogens with zero attached hydrogens (tertiary/aromatic N) is 2. The minimum Gasteiger partial charge on any atom is -0.480 e. The lowest BCUT2D eigenvalue weighted by atomic mass is 9.95. The van der Waals surface area contributed by atoms with Crippen molar-refractivity contribution in [3.63, 3.8) is 0 Å². The molecule has 0 unspecified atom stereocenters. The van der Waals surface area contributed by atoms with E-state index in [1.165, 1.54) is 31.0 Å². The summed E-state index contributed by atoms with van der Waals surface area (Å²) in [7, 11) is 0. The highest BCUT2D eigenvalue weighted by Gasteiger charge is 2.35. The van der Waals surface area contributed by atoms with Crippen LogP contribution in [0.25, 0.3) is 0 Å². The van der Waals surface area contributed by atoms with Crippen molar-refractivity contribution in [1.29, 1.82) is 0 Å². The van der Waals surface area contributed by atoms with Crippen LogP contribution in [0.5, 0.6) is 0 Å². The van der Waals surface area contributed by atoms with E-state index in [-0.39, 0.29) is 6.42 Å². The molecule has 2 aliphatic rings. The van der Waals surface area contributed by atoms with Crippen molar-refractivity contribution in [2.24, 2.45) is 5.73 Å². The monoisotopic (exact) mass is 331 g/mol. The fraction of sp³-hybridized carbons (Fsp3) is 0.769. The molecule has 1 heterocycles. The van der Waals surface area contributed by atoms with E-state index in [4.69, 9.17) is 18.0 Å². The van der Waals surface area contributed by atoms with Crippen LogP contribution in [0.15, 0.2) is 0 Å². The Morgan fingerprint density at radius 2 is 2.05 bits per heavy atom. The Kier molecular flexibility index (Phi) is 5.83. The minimum absolute atomic E-state index is 0.166. The zero-order valence-corrected chi connectivity index (χ0v) is 13.5. The van der Waals surface area contributed by atoms with E-state index in [1.807, 2.05) is 0 Å². The third-order valence-electron chi connectivity index (χ3n) is 4.06. The number of carbonyl (C=O) groups excluding carboxylic acids is 1. The molecule has 3 N–H and O–H groups in total. The molecule has 0 spiro atoms. The molecular formula is C13H21N3O3S2. The molecule has 0 bridgehead atoms. The van der Waals surface area contributed by atoms with Gasteiger partial charge in [-0.3, -0.25) is 14.5 Å². The second kappa shape index (κ2) is 7.42. The maximum absolute atomic E-state index is 11.4. The van der Waals surface area contributed by atoms with E-state index in [0.717, 1.165) is 17.2 Å². The van der Waals surface area contributed by atoms with Crippen LogP contribution in [0.1, 0.15) is 38.5 Å². The van der Waals surface area contributed by atoms with Gasteiger partial charge in [-0.2, -0.15) is 0 Å². The number of nitrogens with two attached hydrogens (primary N) is 1. The molecule has 21 heavy (non-hydrogen) atoms. The Labute approximate surface area is 134 Å². The first-order valence-electron chi connectivity index (χ1n) is 7.17. The number of hydrogen-bond acceptors (Lipinski definition) is 5. The number of thiocarbonyl (C=S) groups is 1. The highest BCUT2D eigenvalue weighted by atomic mass is 32.2. The van der Waals surface area contributed by atoms with Gasteiger partial charge in [0.15, 0.2) is 0 Å². The van der Waals surface area contributed by atoms with Crippen molar-refractivity contribution in [3.05, 3.63) is 0 Å². The Balaban J connectivity index is 2.05. The molecule has 0 radical (unpaired) electrons. The fourth-order valence-corrected chi connectivity index (χ4v) is 4.20. The number of hydrogen-bond donors (Lipinski definition) is 2. The average Bonchev–Trinajstić information content (AvgIpc) is 2.46. The lowest BCUT2D eigenvalue weighted by Crippen LogP contribution is -2.55. The van der Waals surface area contributed by atoms with E-state index < -0.39 is 17.9 Å². The van der Waals surface area contributed by atoms with Gasteiger partial charge in [0.1, 0.15) is 10.4 Å². The zero-order valence-electron chi connectivity index (χ0n) is 11.9. The number of carboxylic acid groups (broad SMARTS) is 1. The molecule has 6 nitrogen and oxygen atoms in total. The number of carboxylic acids is 1. The quantitative estimate of drug-likeness (QED) is 0.732. The van der Waals surface area contributed by atoms with Gasteiger partial charge >= 0.3 is 5.97 Å². The average molecular weight is 331 g/mol. The first kappa shape index (κ1) is 16.5. The van der Waals surface area contributed by atoms with Crippen LogP contribution in [0.2, 0.25) is 0 Å². The van der Waals surface area contributed by atoms with Crippen molar-refractivity contribution in [2.45, 2.75) is 50.6 Å². The van der Waals surface area contributed by atoms with Crippen molar-refractivity contribution >= 4 is 40.2 Å². The molecule has 1 saturated carbocycles.